The first-order valence-electron chi connectivity index (χ1n) is 7.70. The number of carbonyl (C=O) groups is 1. The molecule has 1 aromatic heterocycles. The zero-order chi connectivity index (χ0) is 15.1. The number of aryl methyl sites for hydroxylation is 1. The van der Waals surface area contributed by atoms with Gasteiger partial charge in [-0.3, -0.25) is 0 Å². The summed E-state index contributed by atoms with van der Waals surface area (Å²) in [5.74, 6) is -0.349. The molecule has 0 spiro atoms. The third-order valence-electron chi connectivity index (χ3n) is 3.55. The molecule has 5 nitrogen and oxygen atoms in total. The Morgan fingerprint density at radius 1 is 1.38 bits per heavy atom. The van der Waals surface area contributed by atoms with E-state index in [0.29, 0.717) is 31.6 Å². The number of thiazole rings is 1. The van der Waals surface area contributed by atoms with Crippen LogP contribution < -0.4 is 5.32 Å². The van der Waals surface area contributed by atoms with Crippen molar-refractivity contribution in [3.63, 3.8) is 0 Å². The van der Waals surface area contributed by atoms with Crippen LogP contribution in [0.25, 0.3) is 0 Å². The Balaban J connectivity index is 1.73. The lowest BCUT2D eigenvalue weighted by Gasteiger charge is -2.21. The van der Waals surface area contributed by atoms with Crippen LogP contribution in [0.3, 0.4) is 0 Å². The predicted octanol–water partition coefficient (Wildman–Crippen LogP) is 3.39. The lowest BCUT2D eigenvalue weighted by Crippen LogP contribution is -2.20. The van der Waals surface area contributed by atoms with Crippen LogP contribution in [0, 0.1) is 6.92 Å². The van der Waals surface area contributed by atoms with Gasteiger partial charge in [0.25, 0.3) is 0 Å². The third kappa shape index (κ3) is 4.97. The smallest absolute Gasteiger partial charge is 0.358 e. The molecule has 1 saturated carbocycles. The summed E-state index contributed by atoms with van der Waals surface area (Å²) in [7, 11) is 0. The monoisotopic (exact) mass is 312 g/mol. The van der Waals surface area contributed by atoms with Crippen LogP contribution in [0.15, 0.2) is 0 Å². The van der Waals surface area contributed by atoms with Crippen molar-refractivity contribution in [3.8, 4) is 0 Å². The Kier molecular flexibility index (Phi) is 6.45. The number of nitrogens with one attached hydrogen (secondary N) is 1. The quantitative estimate of drug-likeness (QED) is 0.618. The Morgan fingerprint density at radius 2 is 2.14 bits per heavy atom. The molecule has 0 atom stereocenters. The normalized spacial score (nSPS) is 15.9. The van der Waals surface area contributed by atoms with Gasteiger partial charge in [0.15, 0.2) is 10.8 Å². The molecule has 0 bridgehead atoms. The minimum absolute atomic E-state index is 0.349. The van der Waals surface area contributed by atoms with Crippen LogP contribution in [-0.4, -0.2) is 36.8 Å². The maximum atomic E-state index is 11.7. The fourth-order valence-electron chi connectivity index (χ4n) is 2.48. The van der Waals surface area contributed by atoms with Gasteiger partial charge in [-0.1, -0.05) is 19.3 Å². The van der Waals surface area contributed by atoms with Crippen molar-refractivity contribution in [2.24, 2.45) is 0 Å². The summed E-state index contributed by atoms with van der Waals surface area (Å²) >= 11 is 1.48. The average molecular weight is 312 g/mol. The first-order valence-corrected chi connectivity index (χ1v) is 8.52. The van der Waals surface area contributed by atoms with E-state index in [1.165, 1.54) is 43.4 Å². The van der Waals surface area contributed by atoms with Crippen LogP contribution in [0.4, 0.5) is 5.13 Å². The molecular weight excluding hydrogens is 288 g/mol. The second-order valence-corrected chi connectivity index (χ2v) is 6.41. The van der Waals surface area contributed by atoms with Crippen LogP contribution in [0.2, 0.25) is 0 Å². The van der Waals surface area contributed by atoms with Gasteiger partial charge in [0.2, 0.25) is 0 Å². The number of hydrogen-bond acceptors (Lipinski definition) is 6. The maximum absolute atomic E-state index is 11.7. The first-order chi connectivity index (χ1) is 10.2. The molecule has 21 heavy (non-hydrogen) atoms. The highest BCUT2D eigenvalue weighted by Crippen LogP contribution is 2.23. The van der Waals surface area contributed by atoms with Gasteiger partial charge in [0.1, 0.15) is 0 Å². The number of anilines is 1. The van der Waals surface area contributed by atoms with Crippen LogP contribution in [0.5, 0.6) is 0 Å². The van der Waals surface area contributed by atoms with Crippen LogP contribution in [-0.2, 0) is 9.47 Å². The summed E-state index contributed by atoms with van der Waals surface area (Å²) in [6.07, 6.45) is 6.70. The molecule has 0 saturated heterocycles. The van der Waals surface area contributed by atoms with E-state index in [1.54, 1.807) is 6.92 Å². The highest BCUT2D eigenvalue weighted by atomic mass is 32.1. The fourth-order valence-corrected chi connectivity index (χ4v) is 3.30. The summed E-state index contributed by atoms with van der Waals surface area (Å²) in [5.41, 5.74) is 0.414. The van der Waals surface area contributed by atoms with Gasteiger partial charge in [-0.25, -0.2) is 9.78 Å². The molecule has 118 valence electrons. The Labute approximate surface area is 130 Å². The second-order valence-electron chi connectivity index (χ2n) is 5.20. The number of carbonyl (C=O) groups excluding carboxylic acids is 1. The minimum atomic E-state index is -0.349. The van der Waals surface area contributed by atoms with Gasteiger partial charge >= 0.3 is 5.97 Å². The number of aromatic nitrogens is 1. The van der Waals surface area contributed by atoms with Crippen LogP contribution >= 0.6 is 11.3 Å². The summed E-state index contributed by atoms with van der Waals surface area (Å²) < 4.78 is 10.8. The van der Waals surface area contributed by atoms with E-state index in [4.69, 9.17) is 9.47 Å². The molecule has 0 radical (unpaired) electrons. The van der Waals surface area contributed by atoms with Crippen molar-refractivity contribution in [2.75, 3.05) is 25.1 Å². The van der Waals surface area contributed by atoms with E-state index in [9.17, 15) is 4.79 Å². The molecular formula is C15H24N2O3S. The predicted molar refractivity (Wildman–Crippen MR) is 84.1 cm³/mol. The topological polar surface area (TPSA) is 60.5 Å². The molecule has 6 heteroatoms. The van der Waals surface area contributed by atoms with Crippen molar-refractivity contribution < 1.29 is 14.3 Å². The Bertz CT molecular complexity index is 456. The summed E-state index contributed by atoms with van der Waals surface area (Å²) in [4.78, 5) is 16.9. The summed E-state index contributed by atoms with van der Waals surface area (Å²) in [6, 6.07) is 0. The Hall–Kier alpha value is -1.14. The van der Waals surface area contributed by atoms with Crippen molar-refractivity contribution in [1.82, 2.24) is 4.98 Å². The average Bonchev–Trinajstić information content (AvgIpc) is 2.86. The molecule has 1 aliphatic carbocycles. The van der Waals surface area contributed by atoms with Gasteiger partial charge < -0.3 is 14.8 Å². The Morgan fingerprint density at radius 3 is 2.86 bits per heavy atom. The molecule has 1 heterocycles. The van der Waals surface area contributed by atoms with E-state index < -0.39 is 0 Å². The lowest BCUT2D eigenvalue weighted by atomic mass is 9.98. The third-order valence-corrected chi connectivity index (χ3v) is 4.48. The molecule has 2 rings (SSSR count). The lowest BCUT2D eigenvalue weighted by molar-refractivity contribution is 0.0347. The van der Waals surface area contributed by atoms with Crippen molar-refractivity contribution >= 4 is 22.4 Å². The van der Waals surface area contributed by atoms with Gasteiger partial charge in [0, 0.05) is 11.4 Å². The molecule has 0 unspecified atom stereocenters. The van der Waals surface area contributed by atoms with Gasteiger partial charge in [-0.05, 0) is 26.7 Å². The molecule has 0 aromatic carbocycles. The largest absolute Gasteiger partial charge is 0.461 e. The highest BCUT2D eigenvalue weighted by molar-refractivity contribution is 7.15. The van der Waals surface area contributed by atoms with Crippen LogP contribution in [0.1, 0.15) is 54.4 Å². The number of hydrogen-bond donors (Lipinski definition) is 1. The van der Waals surface area contributed by atoms with E-state index in [1.807, 2.05) is 6.92 Å². The van der Waals surface area contributed by atoms with Crippen molar-refractivity contribution in [3.05, 3.63) is 10.6 Å². The summed E-state index contributed by atoms with van der Waals surface area (Å²) in [5, 5.41) is 3.97. The summed E-state index contributed by atoms with van der Waals surface area (Å²) in [6.45, 7) is 5.44. The first kappa shape index (κ1) is 16.2. The number of rotatable bonds is 7. The van der Waals surface area contributed by atoms with E-state index in [0.717, 1.165) is 10.0 Å². The van der Waals surface area contributed by atoms with Crippen molar-refractivity contribution in [1.29, 1.82) is 0 Å². The molecule has 1 N–H and O–H groups in total. The standard InChI is InChI=1S/C15H24N2O3S/c1-3-19-14(18)13-11(2)21-15(17-13)16-9-10-20-12-7-5-4-6-8-12/h12H,3-10H2,1-2H3,(H,16,17). The number of ether oxygens (including phenoxy) is 2. The van der Waals surface area contributed by atoms with E-state index in [2.05, 4.69) is 10.3 Å². The highest BCUT2D eigenvalue weighted by Gasteiger charge is 2.16. The van der Waals surface area contributed by atoms with E-state index >= 15 is 0 Å². The zero-order valence-corrected chi connectivity index (χ0v) is 13.6. The van der Waals surface area contributed by atoms with Crippen molar-refractivity contribution in [2.45, 2.75) is 52.1 Å². The fraction of sp³-hybridized carbons (Fsp3) is 0.733. The van der Waals surface area contributed by atoms with Gasteiger partial charge in [-0.15, -0.1) is 11.3 Å². The number of esters is 1. The van der Waals surface area contributed by atoms with Gasteiger partial charge in [0.05, 0.1) is 19.3 Å². The second kappa shape index (κ2) is 8.34. The van der Waals surface area contributed by atoms with E-state index in [-0.39, 0.29) is 5.97 Å². The molecule has 1 aromatic rings. The zero-order valence-electron chi connectivity index (χ0n) is 12.8. The molecule has 0 aliphatic heterocycles. The molecule has 0 amide bonds. The SMILES string of the molecule is CCOC(=O)c1nc(NCCOC2CCCCC2)sc1C. The molecule has 1 aliphatic rings. The van der Waals surface area contributed by atoms with Gasteiger partial charge in [-0.2, -0.15) is 0 Å². The minimum Gasteiger partial charge on any atom is -0.461 e. The maximum Gasteiger partial charge on any atom is 0.358 e. The molecule has 1 fully saturated rings. The number of nitrogens with zero attached hydrogens (tertiary/aromatic N) is 1.